The molecule has 0 spiro atoms. The topological polar surface area (TPSA) is 20.2 Å². The van der Waals surface area contributed by atoms with Gasteiger partial charge in [0.1, 0.15) is 5.82 Å². The third-order valence-electron chi connectivity index (χ3n) is 1.49. The first-order valence-electron chi connectivity index (χ1n) is 3.55. The van der Waals surface area contributed by atoms with Crippen molar-refractivity contribution in [2.24, 2.45) is 0 Å². The van der Waals surface area contributed by atoms with Gasteiger partial charge >= 0.3 is 0 Å². The Morgan fingerprint density at radius 2 is 2.31 bits per heavy atom. The quantitative estimate of drug-likeness (QED) is 0.844. The van der Waals surface area contributed by atoms with E-state index in [9.17, 15) is 4.39 Å². The number of thioether (sulfide) groups is 1. The second-order valence-corrected chi connectivity index (χ2v) is 4.23. The Morgan fingerprint density at radius 1 is 1.62 bits per heavy atom. The molecule has 0 radical (unpaired) electrons. The molecule has 0 unspecified atom stereocenters. The van der Waals surface area contributed by atoms with E-state index >= 15 is 0 Å². The average Bonchev–Trinajstić information content (AvgIpc) is 2.04. The number of benzene rings is 1. The van der Waals surface area contributed by atoms with Gasteiger partial charge in [-0.2, -0.15) is 0 Å². The molecule has 1 aromatic carbocycles. The molecule has 0 amide bonds. The molecule has 0 aliphatic heterocycles. The Labute approximate surface area is 88.8 Å². The van der Waals surface area contributed by atoms with Crippen LogP contribution in [-0.2, 0) is 6.61 Å². The molecule has 1 rings (SSSR count). The standard InChI is InChI=1S/C9H8BrFOS/c1-2-13-9-4-6(10)3-8(11)7(9)5-12/h2-4,12H,1,5H2. The van der Waals surface area contributed by atoms with Crippen molar-refractivity contribution in [3.8, 4) is 0 Å². The molecule has 1 nitrogen and oxygen atoms in total. The number of halogens is 2. The van der Waals surface area contributed by atoms with Gasteiger partial charge in [0.2, 0.25) is 0 Å². The van der Waals surface area contributed by atoms with E-state index in [2.05, 4.69) is 22.5 Å². The molecule has 0 aromatic heterocycles. The maximum Gasteiger partial charge on any atom is 0.130 e. The Balaban J connectivity index is 3.20. The normalized spacial score (nSPS) is 10.1. The first kappa shape index (κ1) is 10.8. The van der Waals surface area contributed by atoms with Crippen LogP contribution in [0, 0.1) is 5.82 Å². The summed E-state index contributed by atoms with van der Waals surface area (Å²) < 4.78 is 13.9. The van der Waals surface area contributed by atoms with E-state index in [1.807, 2.05) is 0 Å². The SMILES string of the molecule is C=CSc1cc(Br)cc(F)c1CO. The smallest absolute Gasteiger partial charge is 0.130 e. The van der Waals surface area contributed by atoms with E-state index in [1.165, 1.54) is 17.8 Å². The van der Waals surface area contributed by atoms with Gasteiger partial charge in [0.15, 0.2) is 0 Å². The van der Waals surface area contributed by atoms with Crippen molar-refractivity contribution in [2.75, 3.05) is 0 Å². The molecule has 0 aliphatic carbocycles. The lowest BCUT2D eigenvalue weighted by Crippen LogP contribution is -1.92. The highest BCUT2D eigenvalue weighted by Crippen LogP contribution is 2.29. The van der Waals surface area contributed by atoms with Crippen LogP contribution in [0.4, 0.5) is 4.39 Å². The second-order valence-electron chi connectivity index (χ2n) is 2.31. The van der Waals surface area contributed by atoms with Gasteiger partial charge in [0.25, 0.3) is 0 Å². The van der Waals surface area contributed by atoms with Gasteiger partial charge < -0.3 is 5.11 Å². The minimum atomic E-state index is -0.402. The first-order valence-corrected chi connectivity index (χ1v) is 5.22. The number of hydrogen-bond donors (Lipinski definition) is 1. The molecule has 0 fully saturated rings. The number of aliphatic hydroxyl groups is 1. The van der Waals surface area contributed by atoms with Crippen LogP contribution in [0.25, 0.3) is 0 Å². The Morgan fingerprint density at radius 3 is 2.85 bits per heavy atom. The average molecular weight is 263 g/mol. The molecule has 4 heteroatoms. The van der Waals surface area contributed by atoms with Gasteiger partial charge in [0.05, 0.1) is 6.61 Å². The van der Waals surface area contributed by atoms with Crippen LogP contribution in [0.15, 0.2) is 33.5 Å². The van der Waals surface area contributed by atoms with Crippen molar-refractivity contribution in [3.05, 3.63) is 40.0 Å². The zero-order chi connectivity index (χ0) is 9.84. The molecule has 0 aliphatic rings. The van der Waals surface area contributed by atoms with E-state index in [1.54, 1.807) is 11.5 Å². The zero-order valence-corrected chi connectivity index (χ0v) is 9.16. The Kier molecular flexibility index (Phi) is 3.96. The van der Waals surface area contributed by atoms with Gasteiger partial charge in [-0.3, -0.25) is 0 Å². The summed E-state index contributed by atoms with van der Waals surface area (Å²) in [5.41, 5.74) is 0.313. The second kappa shape index (κ2) is 4.79. The maximum atomic E-state index is 13.2. The molecule has 0 saturated carbocycles. The lowest BCUT2D eigenvalue weighted by molar-refractivity contribution is 0.272. The highest BCUT2D eigenvalue weighted by molar-refractivity contribution is 9.10. The summed E-state index contributed by atoms with van der Waals surface area (Å²) in [5, 5.41) is 10.5. The highest BCUT2D eigenvalue weighted by Gasteiger charge is 2.08. The van der Waals surface area contributed by atoms with E-state index in [4.69, 9.17) is 5.11 Å². The molecule has 0 atom stereocenters. The van der Waals surface area contributed by atoms with Crippen molar-refractivity contribution < 1.29 is 9.50 Å². The number of aliphatic hydroxyl groups excluding tert-OH is 1. The fraction of sp³-hybridized carbons (Fsp3) is 0.111. The molecule has 1 aromatic rings. The van der Waals surface area contributed by atoms with Crippen LogP contribution < -0.4 is 0 Å². The van der Waals surface area contributed by atoms with E-state index in [0.717, 1.165) is 0 Å². The lowest BCUT2D eigenvalue weighted by Gasteiger charge is -2.06. The molecule has 0 bridgehead atoms. The molecule has 0 saturated heterocycles. The summed E-state index contributed by atoms with van der Waals surface area (Å²) in [4.78, 5) is 0.685. The third-order valence-corrected chi connectivity index (χ3v) is 2.73. The van der Waals surface area contributed by atoms with E-state index in [-0.39, 0.29) is 6.61 Å². The fourth-order valence-corrected chi connectivity index (χ4v) is 2.19. The minimum Gasteiger partial charge on any atom is -0.392 e. The number of rotatable bonds is 3. The zero-order valence-electron chi connectivity index (χ0n) is 6.76. The molecule has 13 heavy (non-hydrogen) atoms. The monoisotopic (exact) mass is 262 g/mol. The largest absolute Gasteiger partial charge is 0.392 e. The van der Waals surface area contributed by atoms with Crippen molar-refractivity contribution in [2.45, 2.75) is 11.5 Å². The van der Waals surface area contributed by atoms with Gasteiger partial charge in [-0.15, -0.1) is 0 Å². The van der Waals surface area contributed by atoms with Crippen molar-refractivity contribution >= 4 is 27.7 Å². The number of hydrogen-bond acceptors (Lipinski definition) is 2. The van der Waals surface area contributed by atoms with Gasteiger partial charge in [0, 0.05) is 14.9 Å². The van der Waals surface area contributed by atoms with Crippen LogP contribution in [0.3, 0.4) is 0 Å². The molecule has 1 N–H and O–H groups in total. The summed E-state index contributed by atoms with van der Waals surface area (Å²) in [5.74, 6) is -0.402. The summed E-state index contributed by atoms with van der Waals surface area (Å²) >= 11 is 4.47. The van der Waals surface area contributed by atoms with Crippen LogP contribution in [0.1, 0.15) is 5.56 Å². The predicted octanol–water partition coefficient (Wildman–Crippen LogP) is 3.32. The summed E-state index contributed by atoms with van der Waals surface area (Å²) in [7, 11) is 0. The van der Waals surface area contributed by atoms with Gasteiger partial charge in [-0.05, 0) is 17.5 Å². The predicted molar refractivity (Wildman–Crippen MR) is 56.1 cm³/mol. The fourth-order valence-electron chi connectivity index (χ4n) is 0.928. The van der Waals surface area contributed by atoms with Crippen LogP contribution in [0.5, 0.6) is 0 Å². The maximum absolute atomic E-state index is 13.2. The minimum absolute atomic E-state index is 0.296. The molecular formula is C9H8BrFOS. The Hall–Kier alpha value is -0.320. The molecule has 70 valence electrons. The van der Waals surface area contributed by atoms with Gasteiger partial charge in [-0.1, -0.05) is 34.3 Å². The first-order chi connectivity index (χ1) is 6.19. The van der Waals surface area contributed by atoms with Crippen LogP contribution >= 0.6 is 27.7 Å². The van der Waals surface area contributed by atoms with E-state index in [0.29, 0.717) is 14.9 Å². The Bertz CT molecular complexity index is 328. The van der Waals surface area contributed by atoms with Crippen LogP contribution in [-0.4, -0.2) is 5.11 Å². The molecular weight excluding hydrogens is 255 g/mol. The molecule has 0 heterocycles. The van der Waals surface area contributed by atoms with Gasteiger partial charge in [-0.25, -0.2) is 4.39 Å². The summed E-state index contributed by atoms with van der Waals surface area (Å²) in [6.45, 7) is 3.24. The van der Waals surface area contributed by atoms with E-state index < -0.39 is 5.82 Å². The van der Waals surface area contributed by atoms with Crippen molar-refractivity contribution in [1.82, 2.24) is 0 Å². The third kappa shape index (κ3) is 2.56. The highest BCUT2D eigenvalue weighted by atomic mass is 79.9. The summed E-state index contributed by atoms with van der Waals surface area (Å²) in [6, 6.07) is 3.08. The van der Waals surface area contributed by atoms with Crippen molar-refractivity contribution in [3.63, 3.8) is 0 Å². The van der Waals surface area contributed by atoms with Crippen LogP contribution in [0.2, 0.25) is 0 Å². The van der Waals surface area contributed by atoms with Crippen molar-refractivity contribution in [1.29, 1.82) is 0 Å². The summed E-state index contributed by atoms with van der Waals surface area (Å²) in [6.07, 6.45) is 0. The lowest BCUT2D eigenvalue weighted by atomic mass is 10.2.